The number of benzene rings is 1. The zero-order valence-electron chi connectivity index (χ0n) is 10.9. The average Bonchev–Trinajstić information content (AvgIpc) is 2.27. The van der Waals surface area contributed by atoms with Crippen LogP contribution in [0.25, 0.3) is 0 Å². The van der Waals surface area contributed by atoms with Crippen LogP contribution in [-0.4, -0.2) is 18.3 Å². The lowest BCUT2D eigenvalue weighted by molar-refractivity contribution is 0.539. The van der Waals surface area contributed by atoms with Crippen LogP contribution in [0.15, 0.2) is 29.2 Å². The number of hydrogen-bond acceptors (Lipinski definition) is 2. The van der Waals surface area contributed by atoms with Gasteiger partial charge in [0.1, 0.15) is 0 Å². The first-order chi connectivity index (χ1) is 8.08. The largest absolute Gasteiger partial charge is 0.316 e. The minimum Gasteiger partial charge on any atom is -0.316 e. The fourth-order valence-electron chi connectivity index (χ4n) is 1.48. The van der Waals surface area contributed by atoms with Crippen LogP contribution >= 0.6 is 23.4 Å². The highest BCUT2D eigenvalue weighted by Crippen LogP contribution is 2.24. The molecule has 0 bridgehead atoms. The highest BCUT2D eigenvalue weighted by atomic mass is 35.5. The monoisotopic (exact) mass is 271 g/mol. The molecular weight excluding hydrogens is 250 g/mol. The van der Waals surface area contributed by atoms with Crippen LogP contribution in [0.4, 0.5) is 0 Å². The summed E-state index contributed by atoms with van der Waals surface area (Å²) >= 11 is 7.75. The van der Waals surface area contributed by atoms with Crippen molar-refractivity contribution in [2.24, 2.45) is 5.92 Å². The lowest BCUT2D eigenvalue weighted by Gasteiger charge is -2.13. The van der Waals surface area contributed by atoms with Crippen molar-refractivity contribution in [1.82, 2.24) is 5.32 Å². The van der Waals surface area contributed by atoms with Crippen LogP contribution in [0.1, 0.15) is 27.2 Å². The molecule has 0 aliphatic carbocycles. The van der Waals surface area contributed by atoms with Crippen molar-refractivity contribution in [2.75, 3.05) is 13.1 Å². The fraction of sp³-hybridized carbons (Fsp3) is 0.571. The van der Waals surface area contributed by atoms with Gasteiger partial charge in [-0.3, -0.25) is 0 Å². The van der Waals surface area contributed by atoms with E-state index in [0.29, 0.717) is 5.25 Å². The minimum absolute atomic E-state index is 0.586. The summed E-state index contributed by atoms with van der Waals surface area (Å²) in [5, 5.41) is 4.89. The summed E-state index contributed by atoms with van der Waals surface area (Å²) in [5.41, 5.74) is 0. The third-order valence-electron chi connectivity index (χ3n) is 2.48. The van der Waals surface area contributed by atoms with Gasteiger partial charge in [0, 0.05) is 21.7 Å². The molecule has 1 N–H and O–H groups in total. The third kappa shape index (κ3) is 6.97. The van der Waals surface area contributed by atoms with E-state index in [0.717, 1.165) is 24.0 Å². The van der Waals surface area contributed by atoms with Gasteiger partial charge in [0.25, 0.3) is 0 Å². The molecule has 0 amide bonds. The van der Waals surface area contributed by atoms with Crippen LogP contribution < -0.4 is 5.32 Å². The molecule has 0 aliphatic rings. The Bertz CT molecular complexity index is 311. The molecular formula is C14H22ClNS. The Morgan fingerprint density at radius 2 is 1.82 bits per heavy atom. The third-order valence-corrected chi connectivity index (χ3v) is 3.85. The predicted octanol–water partition coefficient (Wildman–Crippen LogP) is 4.46. The number of thioether (sulfide) groups is 1. The minimum atomic E-state index is 0.586. The topological polar surface area (TPSA) is 12.0 Å². The van der Waals surface area contributed by atoms with Crippen LogP contribution in [0.5, 0.6) is 0 Å². The zero-order valence-corrected chi connectivity index (χ0v) is 12.4. The molecule has 17 heavy (non-hydrogen) atoms. The molecule has 0 aliphatic heterocycles. The second-order valence-electron chi connectivity index (χ2n) is 4.77. The molecule has 1 nitrogen and oxygen atoms in total. The van der Waals surface area contributed by atoms with Crippen molar-refractivity contribution in [3.8, 4) is 0 Å². The summed E-state index contributed by atoms with van der Waals surface area (Å²) in [6.45, 7) is 8.94. The van der Waals surface area contributed by atoms with Crippen molar-refractivity contribution < 1.29 is 0 Å². The lowest BCUT2D eigenvalue weighted by atomic mass is 10.1. The standard InChI is InChI=1S/C14H22ClNS/c1-11(2)8-9-16-10-12(3)17-14-6-4-13(15)5-7-14/h4-7,11-12,16H,8-10H2,1-3H3. The Morgan fingerprint density at radius 1 is 1.18 bits per heavy atom. The average molecular weight is 272 g/mol. The second-order valence-corrected chi connectivity index (χ2v) is 6.72. The zero-order chi connectivity index (χ0) is 12.7. The van der Waals surface area contributed by atoms with Gasteiger partial charge in [-0.05, 0) is 43.1 Å². The Balaban J connectivity index is 2.20. The first-order valence-corrected chi connectivity index (χ1v) is 7.46. The summed E-state index contributed by atoms with van der Waals surface area (Å²) in [6, 6.07) is 8.06. The first kappa shape index (κ1) is 14.9. The molecule has 0 saturated heterocycles. The molecule has 0 radical (unpaired) electrons. The molecule has 0 fully saturated rings. The molecule has 1 aromatic carbocycles. The van der Waals surface area contributed by atoms with Gasteiger partial charge in [0.2, 0.25) is 0 Å². The molecule has 1 rings (SSSR count). The smallest absolute Gasteiger partial charge is 0.0406 e. The maximum Gasteiger partial charge on any atom is 0.0406 e. The fourth-order valence-corrected chi connectivity index (χ4v) is 2.57. The lowest BCUT2D eigenvalue weighted by Crippen LogP contribution is -2.24. The highest BCUT2D eigenvalue weighted by Gasteiger charge is 2.04. The van der Waals surface area contributed by atoms with Crippen molar-refractivity contribution >= 4 is 23.4 Å². The number of rotatable bonds is 7. The van der Waals surface area contributed by atoms with E-state index in [1.165, 1.54) is 11.3 Å². The maximum absolute atomic E-state index is 5.86. The van der Waals surface area contributed by atoms with Crippen molar-refractivity contribution in [1.29, 1.82) is 0 Å². The molecule has 96 valence electrons. The first-order valence-electron chi connectivity index (χ1n) is 6.21. The van der Waals surface area contributed by atoms with E-state index in [1.54, 1.807) is 0 Å². The van der Waals surface area contributed by atoms with Crippen LogP contribution in [0.3, 0.4) is 0 Å². The number of halogens is 1. The molecule has 0 spiro atoms. The number of hydrogen-bond donors (Lipinski definition) is 1. The van der Waals surface area contributed by atoms with E-state index in [1.807, 2.05) is 23.9 Å². The second kappa shape index (κ2) is 8.02. The van der Waals surface area contributed by atoms with Gasteiger partial charge in [0.15, 0.2) is 0 Å². The maximum atomic E-state index is 5.86. The molecule has 0 saturated carbocycles. The number of nitrogens with one attached hydrogen (secondary N) is 1. The van der Waals surface area contributed by atoms with Gasteiger partial charge in [-0.25, -0.2) is 0 Å². The highest BCUT2D eigenvalue weighted by molar-refractivity contribution is 8.00. The summed E-state index contributed by atoms with van der Waals surface area (Å²) in [5.74, 6) is 0.779. The van der Waals surface area contributed by atoms with Crippen molar-refractivity contribution in [2.45, 2.75) is 37.3 Å². The summed E-state index contributed by atoms with van der Waals surface area (Å²) in [7, 11) is 0. The van der Waals surface area contributed by atoms with Gasteiger partial charge in [-0.2, -0.15) is 0 Å². The summed E-state index contributed by atoms with van der Waals surface area (Å²) in [6.07, 6.45) is 1.25. The van der Waals surface area contributed by atoms with E-state index < -0.39 is 0 Å². The molecule has 1 aromatic rings. The van der Waals surface area contributed by atoms with Crippen molar-refractivity contribution in [3.05, 3.63) is 29.3 Å². The quantitative estimate of drug-likeness (QED) is 0.581. The van der Waals surface area contributed by atoms with E-state index >= 15 is 0 Å². The van der Waals surface area contributed by atoms with E-state index in [-0.39, 0.29) is 0 Å². The molecule has 1 unspecified atom stereocenters. The van der Waals surface area contributed by atoms with E-state index in [2.05, 4.69) is 38.2 Å². The Hall–Kier alpha value is -0.180. The van der Waals surface area contributed by atoms with Gasteiger partial charge in [0.05, 0.1) is 0 Å². The molecule has 1 atom stereocenters. The van der Waals surface area contributed by atoms with Gasteiger partial charge in [-0.15, -0.1) is 11.8 Å². The van der Waals surface area contributed by atoms with Crippen LogP contribution in [-0.2, 0) is 0 Å². The van der Waals surface area contributed by atoms with Crippen LogP contribution in [0.2, 0.25) is 5.02 Å². The Labute approximate surface area is 114 Å². The van der Waals surface area contributed by atoms with Crippen LogP contribution in [0, 0.1) is 5.92 Å². The predicted molar refractivity (Wildman–Crippen MR) is 79.1 cm³/mol. The van der Waals surface area contributed by atoms with E-state index in [4.69, 9.17) is 11.6 Å². The summed E-state index contributed by atoms with van der Waals surface area (Å²) < 4.78 is 0. The normalized spacial score (nSPS) is 13.0. The summed E-state index contributed by atoms with van der Waals surface area (Å²) in [4.78, 5) is 1.28. The molecule has 0 heterocycles. The Morgan fingerprint density at radius 3 is 2.41 bits per heavy atom. The SMILES string of the molecule is CC(C)CCNCC(C)Sc1ccc(Cl)cc1. The van der Waals surface area contributed by atoms with Gasteiger partial charge < -0.3 is 5.32 Å². The van der Waals surface area contributed by atoms with Crippen molar-refractivity contribution in [3.63, 3.8) is 0 Å². The van der Waals surface area contributed by atoms with E-state index in [9.17, 15) is 0 Å². The van der Waals surface area contributed by atoms with Gasteiger partial charge in [-0.1, -0.05) is 32.4 Å². The molecule has 0 aromatic heterocycles. The molecule has 3 heteroatoms. The Kier molecular flexibility index (Phi) is 7.02. The van der Waals surface area contributed by atoms with Gasteiger partial charge >= 0.3 is 0 Å².